The van der Waals surface area contributed by atoms with Crippen LogP contribution in [-0.2, 0) is 6.54 Å². The SMILES string of the molecule is CCNC(C)(C)CN(C)Cc1ccccc1. The molecule has 0 aromatic heterocycles. The van der Waals surface area contributed by atoms with Crippen molar-refractivity contribution >= 4 is 0 Å². The van der Waals surface area contributed by atoms with Crippen LogP contribution in [0.4, 0.5) is 0 Å². The summed E-state index contributed by atoms with van der Waals surface area (Å²) in [6.45, 7) is 9.73. The van der Waals surface area contributed by atoms with Crippen molar-refractivity contribution in [3.63, 3.8) is 0 Å². The lowest BCUT2D eigenvalue weighted by molar-refractivity contribution is 0.231. The summed E-state index contributed by atoms with van der Waals surface area (Å²) in [5.74, 6) is 0. The molecule has 2 heteroatoms. The summed E-state index contributed by atoms with van der Waals surface area (Å²) in [6, 6.07) is 10.6. The van der Waals surface area contributed by atoms with Gasteiger partial charge in [0.2, 0.25) is 0 Å². The first-order valence-corrected chi connectivity index (χ1v) is 6.01. The molecule has 0 fully saturated rings. The van der Waals surface area contributed by atoms with Crippen molar-refractivity contribution < 1.29 is 0 Å². The molecule has 0 amide bonds. The van der Waals surface area contributed by atoms with Crippen LogP contribution in [0, 0.1) is 0 Å². The van der Waals surface area contributed by atoms with E-state index in [2.05, 4.69) is 68.4 Å². The predicted octanol–water partition coefficient (Wildman–Crippen LogP) is 2.51. The minimum absolute atomic E-state index is 0.179. The van der Waals surface area contributed by atoms with Crippen molar-refractivity contribution in [2.45, 2.75) is 32.9 Å². The lowest BCUT2D eigenvalue weighted by Gasteiger charge is -2.31. The summed E-state index contributed by atoms with van der Waals surface area (Å²) in [5, 5.41) is 3.50. The van der Waals surface area contributed by atoms with Crippen LogP contribution in [0.25, 0.3) is 0 Å². The van der Waals surface area contributed by atoms with Gasteiger partial charge in [0, 0.05) is 18.6 Å². The van der Waals surface area contributed by atoms with Gasteiger partial charge in [-0.25, -0.2) is 0 Å². The van der Waals surface area contributed by atoms with E-state index in [9.17, 15) is 0 Å². The molecule has 0 radical (unpaired) electrons. The minimum Gasteiger partial charge on any atom is -0.311 e. The van der Waals surface area contributed by atoms with Crippen molar-refractivity contribution in [1.29, 1.82) is 0 Å². The monoisotopic (exact) mass is 220 g/mol. The summed E-state index contributed by atoms with van der Waals surface area (Å²) < 4.78 is 0. The maximum atomic E-state index is 3.50. The fraction of sp³-hybridized carbons (Fsp3) is 0.571. The summed E-state index contributed by atoms with van der Waals surface area (Å²) in [4.78, 5) is 2.36. The van der Waals surface area contributed by atoms with Gasteiger partial charge >= 0.3 is 0 Å². The number of hydrogen-bond acceptors (Lipinski definition) is 2. The Morgan fingerprint density at radius 1 is 1.19 bits per heavy atom. The van der Waals surface area contributed by atoms with Gasteiger partial charge in [-0.2, -0.15) is 0 Å². The van der Waals surface area contributed by atoms with Crippen LogP contribution >= 0.6 is 0 Å². The largest absolute Gasteiger partial charge is 0.311 e. The Hall–Kier alpha value is -0.860. The minimum atomic E-state index is 0.179. The molecule has 0 unspecified atom stereocenters. The molecule has 0 saturated heterocycles. The molecule has 0 saturated carbocycles. The average Bonchev–Trinajstić information content (AvgIpc) is 2.17. The van der Waals surface area contributed by atoms with E-state index < -0.39 is 0 Å². The van der Waals surface area contributed by atoms with Crippen molar-refractivity contribution in [2.24, 2.45) is 0 Å². The van der Waals surface area contributed by atoms with Crippen LogP contribution in [0.2, 0.25) is 0 Å². The van der Waals surface area contributed by atoms with Gasteiger partial charge in [0.25, 0.3) is 0 Å². The molecule has 1 N–H and O–H groups in total. The number of hydrogen-bond donors (Lipinski definition) is 1. The van der Waals surface area contributed by atoms with E-state index in [1.54, 1.807) is 0 Å². The highest BCUT2D eigenvalue weighted by Gasteiger charge is 2.18. The zero-order valence-corrected chi connectivity index (χ0v) is 11.0. The second-order valence-electron chi connectivity index (χ2n) is 5.07. The Morgan fingerprint density at radius 3 is 2.38 bits per heavy atom. The first-order valence-electron chi connectivity index (χ1n) is 6.01. The van der Waals surface area contributed by atoms with E-state index >= 15 is 0 Å². The summed E-state index contributed by atoms with van der Waals surface area (Å²) >= 11 is 0. The Balaban J connectivity index is 2.44. The number of nitrogens with zero attached hydrogens (tertiary/aromatic N) is 1. The molecule has 16 heavy (non-hydrogen) atoms. The van der Waals surface area contributed by atoms with Crippen molar-refractivity contribution in [3.8, 4) is 0 Å². The van der Waals surface area contributed by atoms with E-state index in [1.165, 1.54) is 5.56 Å². The van der Waals surface area contributed by atoms with Gasteiger partial charge in [-0.3, -0.25) is 0 Å². The van der Waals surface area contributed by atoms with E-state index in [-0.39, 0.29) is 5.54 Å². The highest BCUT2D eigenvalue weighted by Crippen LogP contribution is 2.08. The Morgan fingerprint density at radius 2 is 1.81 bits per heavy atom. The Labute approximate surface area is 99.7 Å². The van der Waals surface area contributed by atoms with Crippen molar-refractivity contribution in [1.82, 2.24) is 10.2 Å². The standard InChI is InChI=1S/C14H24N2/c1-5-15-14(2,3)12-16(4)11-13-9-7-6-8-10-13/h6-10,15H,5,11-12H2,1-4H3. The van der Waals surface area contributed by atoms with E-state index in [0.717, 1.165) is 19.6 Å². The van der Waals surface area contributed by atoms with Crippen LogP contribution in [0.15, 0.2) is 30.3 Å². The highest BCUT2D eigenvalue weighted by atomic mass is 15.1. The third-order valence-corrected chi connectivity index (χ3v) is 2.62. The average molecular weight is 220 g/mol. The maximum absolute atomic E-state index is 3.50. The number of nitrogens with one attached hydrogen (secondary N) is 1. The van der Waals surface area contributed by atoms with Gasteiger partial charge in [-0.05, 0) is 33.0 Å². The number of rotatable bonds is 6. The van der Waals surface area contributed by atoms with Crippen LogP contribution in [0.5, 0.6) is 0 Å². The predicted molar refractivity (Wildman–Crippen MR) is 70.5 cm³/mol. The third-order valence-electron chi connectivity index (χ3n) is 2.62. The lowest BCUT2D eigenvalue weighted by Crippen LogP contribution is -2.47. The van der Waals surface area contributed by atoms with Gasteiger partial charge in [0.1, 0.15) is 0 Å². The molecule has 90 valence electrons. The molecule has 0 aliphatic carbocycles. The normalized spacial score (nSPS) is 12.1. The summed E-state index contributed by atoms with van der Waals surface area (Å²) in [6.07, 6.45) is 0. The maximum Gasteiger partial charge on any atom is 0.0252 e. The molecule has 0 bridgehead atoms. The second-order valence-corrected chi connectivity index (χ2v) is 5.07. The molecule has 0 aliphatic heterocycles. The van der Waals surface area contributed by atoms with E-state index in [0.29, 0.717) is 0 Å². The van der Waals surface area contributed by atoms with Crippen LogP contribution in [0.3, 0.4) is 0 Å². The van der Waals surface area contributed by atoms with Crippen LogP contribution < -0.4 is 5.32 Å². The first-order chi connectivity index (χ1) is 7.53. The first kappa shape index (κ1) is 13.2. The third kappa shape index (κ3) is 4.77. The summed E-state index contributed by atoms with van der Waals surface area (Å²) in [7, 11) is 2.17. The molecule has 0 spiro atoms. The quantitative estimate of drug-likeness (QED) is 0.792. The van der Waals surface area contributed by atoms with E-state index in [4.69, 9.17) is 0 Å². The Bertz CT molecular complexity index is 293. The smallest absolute Gasteiger partial charge is 0.0252 e. The van der Waals surface area contributed by atoms with Gasteiger partial charge in [-0.1, -0.05) is 37.3 Å². The molecule has 2 nitrogen and oxygen atoms in total. The lowest BCUT2D eigenvalue weighted by atomic mass is 10.0. The van der Waals surface area contributed by atoms with Gasteiger partial charge in [0.15, 0.2) is 0 Å². The van der Waals surface area contributed by atoms with Crippen LogP contribution in [-0.4, -0.2) is 30.6 Å². The van der Waals surface area contributed by atoms with E-state index in [1.807, 2.05) is 0 Å². The molecular weight excluding hydrogens is 196 g/mol. The number of likely N-dealkylation sites (N-methyl/N-ethyl adjacent to an activating group) is 2. The number of benzene rings is 1. The van der Waals surface area contributed by atoms with Gasteiger partial charge in [-0.15, -0.1) is 0 Å². The molecule has 0 aliphatic rings. The van der Waals surface area contributed by atoms with Gasteiger partial charge in [0.05, 0.1) is 0 Å². The zero-order valence-electron chi connectivity index (χ0n) is 11.0. The molecular formula is C14H24N2. The van der Waals surface area contributed by atoms with Crippen molar-refractivity contribution in [3.05, 3.63) is 35.9 Å². The summed E-state index contributed by atoms with van der Waals surface area (Å²) in [5.41, 5.74) is 1.55. The van der Waals surface area contributed by atoms with Gasteiger partial charge < -0.3 is 10.2 Å². The Kier molecular flexibility index (Phi) is 4.97. The highest BCUT2D eigenvalue weighted by molar-refractivity contribution is 5.14. The molecule has 1 aromatic carbocycles. The molecule has 0 atom stereocenters. The fourth-order valence-corrected chi connectivity index (χ4v) is 2.16. The van der Waals surface area contributed by atoms with Crippen LogP contribution in [0.1, 0.15) is 26.3 Å². The second kappa shape index (κ2) is 6.02. The topological polar surface area (TPSA) is 15.3 Å². The molecule has 0 heterocycles. The zero-order chi connectivity index (χ0) is 12.0. The molecule has 1 rings (SSSR count). The fourth-order valence-electron chi connectivity index (χ4n) is 2.16. The molecule has 1 aromatic rings. The van der Waals surface area contributed by atoms with Crippen molar-refractivity contribution in [2.75, 3.05) is 20.1 Å².